The van der Waals surface area contributed by atoms with Gasteiger partial charge in [-0.15, -0.1) is 0 Å². The van der Waals surface area contributed by atoms with Crippen LogP contribution in [0.2, 0.25) is 5.02 Å². The van der Waals surface area contributed by atoms with Crippen molar-refractivity contribution >= 4 is 17.5 Å². The number of phenolic OH excluding ortho intramolecular Hbond substituents is 1. The molecule has 3 heterocycles. The number of aromatic amines is 1. The highest BCUT2D eigenvalue weighted by atomic mass is 35.5. The van der Waals surface area contributed by atoms with Crippen LogP contribution in [0.15, 0.2) is 53.1 Å². The summed E-state index contributed by atoms with van der Waals surface area (Å²) in [6, 6.07) is 11.9. The summed E-state index contributed by atoms with van der Waals surface area (Å²) in [5.74, 6) is 1.60. The third kappa shape index (κ3) is 3.89. The molecule has 1 amide bonds. The Morgan fingerprint density at radius 3 is 2.77 bits per heavy atom. The Balaban J connectivity index is 1.69. The van der Waals surface area contributed by atoms with Crippen LogP contribution in [0.1, 0.15) is 45.9 Å². The topological polar surface area (TPSA) is 101 Å². The SMILES string of the molecule is CCOc1ccc(C2c3c(-c4cc(Cl)c(C)cc4O)n[nH]c3C(=O)N2Cc2ccco2)cc1OC. The van der Waals surface area contributed by atoms with Crippen LogP contribution in [0.3, 0.4) is 0 Å². The van der Waals surface area contributed by atoms with Gasteiger partial charge in [-0.1, -0.05) is 17.7 Å². The molecule has 0 saturated carbocycles. The molecule has 9 heteroatoms. The molecule has 1 aliphatic heterocycles. The number of methoxy groups -OCH3 is 1. The summed E-state index contributed by atoms with van der Waals surface area (Å²) >= 11 is 6.38. The molecule has 180 valence electrons. The first kappa shape index (κ1) is 22.9. The van der Waals surface area contributed by atoms with Crippen molar-refractivity contribution in [1.29, 1.82) is 0 Å². The van der Waals surface area contributed by atoms with E-state index in [0.29, 0.717) is 51.4 Å². The van der Waals surface area contributed by atoms with E-state index < -0.39 is 6.04 Å². The second-order valence-corrected chi connectivity index (χ2v) is 8.64. The van der Waals surface area contributed by atoms with Gasteiger partial charge in [-0.05, 0) is 61.4 Å². The Hall–Kier alpha value is -3.91. The van der Waals surface area contributed by atoms with E-state index in [4.69, 9.17) is 25.5 Å². The molecule has 4 aromatic rings. The molecule has 2 aromatic heterocycles. The van der Waals surface area contributed by atoms with Gasteiger partial charge in [0.1, 0.15) is 22.9 Å². The van der Waals surface area contributed by atoms with E-state index in [0.717, 1.165) is 11.1 Å². The third-order valence-electron chi connectivity index (χ3n) is 6.11. The van der Waals surface area contributed by atoms with Gasteiger partial charge < -0.3 is 23.9 Å². The quantitative estimate of drug-likeness (QED) is 0.353. The van der Waals surface area contributed by atoms with Crippen molar-refractivity contribution in [2.24, 2.45) is 0 Å². The summed E-state index contributed by atoms with van der Waals surface area (Å²) < 4.78 is 16.8. The lowest BCUT2D eigenvalue weighted by atomic mass is 9.95. The van der Waals surface area contributed by atoms with Crippen LogP contribution in [0, 0.1) is 6.92 Å². The third-order valence-corrected chi connectivity index (χ3v) is 6.51. The van der Waals surface area contributed by atoms with Crippen molar-refractivity contribution in [1.82, 2.24) is 15.1 Å². The highest BCUT2D eigenvalue weighted by molar-refractivity contribution is 6.31. The summed E-state index contributed by atoms with van der Waals surface area (Å²) in [6.07, 6.45) is 1.57. The van der Waals surface area contributed by atoms with Gasteiger partial charge in [0.25, 0.3) is 5.91 Å². The highest BCUT2D eigenvalue weighted by Gasteiger charge is 2.43. The Morgan fingerprint density at radius 1 is 1.23 bits per heavy atom. The minimum absolute atomic E-state index is 0.0288. The molecular weight excluding hydrogens is 470 g/mol. The number of rotatable bonds is 7. The first-order valence-corrected chi connectivity index (χ1v) is 11.5. The number of carbonyl (C=O) groups excluding carboxylic acids is 1. The molecule has 0 radical (unpaired) electrons. The van der Waals surface area contributed by atoms with Crippen molar-refractivity contribution in [3.05, 3.63) is 81.9 Å². The van der Waals surface area contributed by atoms with Gasteiger partial charge in [0.05, 0.1) is 32.6 Å². The number of carbonyl (C=O) groups is 1. The monoisotopic (exact) mass is 493 g/mol. The van der Waals surface area contributed by atoms with E-state index in [-0.39, 0.29) is 18.2 Å². The van der Waals surface area contributed by atoms with Crippen molar-refractivity contribution < 1.29 is 23.8 Å². The number of fused-ring (bicyclic) bond motifs is 1. The molecule has 2 N–H and O–H groups in total. The van der Waals surface area contributed by atoms with Gasteiger partial charge in [-0.25, -0.2) is 0 Å². The molecule has 2 aromatic carbocycles. The number of furan rings is 1. The maximum atomic E-state index is 13.5. The zero-order valence-corrected chi connectivity index (χ0v) is 20.2. The van der Waals surface area contributed by atoms with Crippen molar-refractivity contribution in [2.45, 2.75) is 26.4 Å². The van der Waals surface area contributed by atoms with Crippen LogP contribution in [-0.2, 0) is 6.54 Å². The summed E-state index contributed by atoms with van der Waals surface area (Å²) in [5.41, 5.74) is 3.41. The number of ether oxygens (including phenoxy) is 2. The summed E-state index contributed by atoms with van der Waals surface area (Å²) in [4.78, 5) is 15.3. The fraction of sp³-hybridized carbons (Fsp3) is 0.231. The van der Waals surface area contributed by atoms with Gasteiger partial charge in [0.15, 0.2) is 11.5 Å². The van der Waals surface area contributed by atoms with E-state index in [2.05, 4.69) is 10.2 Å². The van der Waals surface area contributed by atoms with Crippen molar-refractivity contribution in [3.8, 4) is 28.5 Å². The molecule has 0 spiro atoms. The number of hydrogen-bond acceptors (Lipinski definition) is 6. The van der Waals surface area contributed by atoms with Gasteiger partial charge >= 0.3 is 0 Å². The molecule has 0 aliphatic carbocycles. The molecule has 35 heavy (non-hydrogen) atoms. The predicted molar refractivity (Wildman–Crippen MR) is 130 cm³/mol. The van der Waals surface area contributed by atoms with Crippen LogP contribution in [-0.4, -0.2) is 39.8 Å². The average Bonchev–Trinajstić information content (AvgIpc) is 3.57. The number of phenols is 1. The average molecular weight is 494 g/mol. The van der Waals surface area contributed by atoms with Crippen LogP contribution in [0.4, 0.5) is 0 Å². The lowest BCUT2D eigenvalue weighted by Crippen LogP contribution is -2.29. The van der Waals surface area contributed by atoms with Gasteiger partial charge in [-0.3, -0.25) is 9.89 Å². The lowest BCUT2D eigenvalue weighted by Gasteiger charge is -2.26. The number of halogens is 1. The number of aromatic hydroxyl groups is 1. The standard InChI is InChI=1S/C26H24ClN3O5/c1-4-34-20-8-7-15(11-21(20)33-3)25-22-23(17-12-18(27)14(2)10-19(17)31)28-29-24(22)26(32)30(25)13-16-6-5-9-35-16/h5-12,25,31H,4,13H2,1-3H3,(H,28,29). The lowest BCUT2D eigenvalue weighted by molar-refractivity contribution is 0.0716. The van der Waals surface area contributed by atoms with E-state index in [1.807, 2.05) is 38.1 Å². The number of benzene rings is 2. The second-order valence-electron chi connectivity index (χ2n) is 8.24. The fourth-order valence-corrected chi connectivity index (χ4v) is 4.63. The molecule has 1 aliphatic rings. The van der Waals surface area contributed by atoms with Crippen molar-refractivity contribution in [2.75, 3.05) is 13.7 Å². The number of amides is 1. The van der Waals surface area contributed by atoms with E-state index >= 15 is 0 Å². The molecule has 0 fully saturated rings. The van der Waals surface area contributed by atoms with E-state index in [9.17, 15) is 9.90 Å². The Bertz CT molecular complexity index is 1400. The van der Waals surface area contributed by atoms with Crippen LogP contribution >= 0.6 is 11.6 Å². The number of H-pyrrole nitrogens is 1. The first-order valence-electron chi connectivity index (χ1n) is 11.1. The Kier molecular flexibility index (Phi) is 5.90. The van der Waals surface area contributed by atoms with Crippen LogP contribution < -0.4 is 9.47 Å². The zero-order chi connectivity index (χ0) is 24.7. The molecule has 5 rings (SSSR count). The molecule has 8 nitrogen and oxygen atoms in total. The van der Waals surface area contributed by atoms with Crippen molar-refractivity contribution in [3.63, 3.8) is 0 Å². The number of nitrogens with one attached hydrogen (secondary N) is 1. The number of aryl methyl sites for hydroxylation is 1. The van der Waals surface area contributed by atoms with E-state index in [1.165, 1.54) is 0 Å². The van der Waals surface area contributed by atoms with Gasteiger partial charge in [0.2, 0.25) is 0 Å². The Labute approximate surface area is 207 Å². The molecule has 0 saturated heterocycles. The fourth-order valence-electron chi connectivity index (χ4n) is 4.47. The van der Waals surface area contributed by atoms with Gasteiger partial charge in [0, 0.05) is 16.1 Å². The second kappa shape index (κ2) is 9.03. The minimum atomic E-state index is -0.527. The smallest absolute Gasteiger partial charge is 0.273 e. The summed E-state index contributed by atoms with van der Waals surface area (Å²) in [7, 11) is 1.57. The first-order chi connectivity index (χ1) is 16.9. The van der Waals surface area contributed by atoms with E-state index in [1.54, 1.807) is 36.5 Å². The minimum Gasteiger partial charge on any atom is -0.507 e. The summed E-state index contributed by atoms with van der Waals surface area (Å²) in [5, 5.41) is 18.5. The molecule has 1 atom stereocenters. The Morgan fingerprint density at radius 2 is 2.06 bits per heavy atom. The largest absolute Gasteiger partial charge is 0.507 e. The maximum Gasteiger partial charge on any atom is 0.273 e. The summed E-state index contributed by atoms with van der Waals surface area (Å²) in [6.45, 7) is 4.45. The van der Waals surface area contributed by atoms with Crippen LogP contribution in [0.25, 0.3) is 11.3 Å². The maximum absolute atomic E-state index is 13.5. The number of hydrogen-bond donors (Lipinski definition) is 2. The highest BCUT2D eigenvalue weighted by Crippen LogP contribution is 2.47. The number of aromatic nitrogens is 2. The molecular formula is C26H24ClN3O5. The number of nitrogens with zero attached hydrogens (tertiary/aromatic N) is 2. The van der Waals surface area contributed by atoms with Crippen LogP contribution in [0.5, 0.6) is 17.2 Å². The predicted octanol–water partition coefficient (Wildman–Crippen LogP) is 5.49. The molecule has 0 bridgehead atoms. The molecule has 1 unspecified atom stereocenters. The van der Waals surface area contributed by atoms with Gasteiger partial charge in [-0.2, -0.15) is 5.10 Å². The normalized spacial score (nSPS) is 14.9. The zero-order valence-electron chi connectivity index (χ0n) is 19.5.